The molecule has 1 rings (SSSR count). The number of ether oxygens (including phenoxy) is 1. The van der Waals surface area contributed by atoms with Gasteiger partial charge in [0.25, 0.3) is 0 Å². The van der Waals surface area contributed by atoms with E-state index in [0.29, 0.717) is 18.4 Å². The molecule has 1 aliphatic heterocycles. The fourth-order valence-corrected chi connectivity index (χ4v) is 2.91. The fraction of sp³-hybridized carbons (Fsp3) is 0.941. The summed E-state index contributed by atoms with van der Waals surface area (Å²) in [6.07, 6.45) is 2.84. The van der Waals surface area contributed by atoms with E-state index in [4.69, 9.17) is 10.00 Å². The Morgan fingerprint density at radius 1 is 1.29 bits per heavy atom. The van der Waals surface area contributed by atoms with Gasteiger partial charge in [-0.25, -0.2) is 0 Å². The van der Waals surface area contributed by atoms with Crippen molar-refractivity contribution in [1.29, 1.82) is 5.26 Å². The summed E-state index contributed by atoms with van der Waals surface area (Å²) in [5.74, 6) is 0.714. The number of hydrogen-bond acceptors (Lipinski definition) is 4. The molecule has 0 aromatic carbocycles. The Morgan fingerprint density at radius 3 is 2.52 bits per heavy atom. The lowest BCUT2D eigenvalue weighted by molar-refractivity contribution is 0.0119. The molecule has 4 nitrogen and oxygen atoms in total. The highest BCUT2D eigenvalue weighted by molar-refractivity contribution is 4.81. The van der Waals surface area contributed by atoms with Crippen LogP contribution in [-0.2, 0) is 4.74 Å². The molecule has 4 heteroatoms. The second kappa shape index (κ2) is 9.40. The van der Waals surface area contributed by atoms with E-state index in [2.05, 4.69) is 44.0 Å². The Bertz CT molecular complexity index is 316. The van der Waals surface area contributed by atoms with Crippen molar-refractivity contribution in [3.05, 3.63) is 0 Å². The van der Waals surface area contributed by atoms with E-state index in [9.17, 15) is 0 Å². The highest BCUT2D eigenvalue weighted by atomic mass is 16.5. The summed E-state index contributed by atoms with van der Waals surface area (Å²) in [5.41, 5.74) is 0.198. The van der Waals surface area contributed by atoms with Gasteiger partial charge in [0.1, 0.15) is 0 Å². The molecular formula is C17H33N3O. The Balaban J connectivity index is 2.40. The Morgan fingerprint density at radius 2 is 1.95 bits per heavy atom. The van der Waals surface area contributed by atoms with Crippen molar-refractivity contribution in [3.8, 4) is 6.07 Å². The van der Waals surface area contributed by atoms with Gasteiger partial charge in [-0.1, -0.05) is 27.7 Å². The van der Waals surface area contributed by atoms with Crippen LogP contribution in [-0.4, -0.2) is 50.3 Å². The van der Waals surface area contributed by atoms with E-state index >= 15 is 0 Å². The fourth-order valence-electron chi connectivity index (χ4n) is 2.91. The Kier molecular flexibility index (Phi) is 8.24. The lowest BCUT2D eigenvalue weighted by Crippen LogP contribution is -2.49. The van der Waals surface area contributed by atoms with Crippen LogP contribution in [0.5, 0.6) is 0 Å². The van der Waals surface area contributed by atoms with Crippen molar-refractivity contribution in [3.63, 3.8) is 0 Å². The van der Waals surface area contributed by atoms with Crippen LogP contribution >= 0.6 is 0 Å². The lowest BCUT2D eigenvalue weighted by atomic mass is 9.88. The normalized spacial score (nSPS) is 18.7. The van der Waals surface area contributed by atoms with Gasteiger partial charge >= 0.3 is 0 Å². The largest absolute Gasteiger partial charge is 0.379 e. The van der Waals surface area contributed by atoms with E-state index in [1.807, 2.05) is 0 Å². The first-order chi connectivity index (χ1) is 9.94. The number of nitriles is 1. The minimum atomic E-state index is 0.198. The van der Waals surface area contributed by atoms with Crippen LogP contribution in [0.25, 0.3) is 0 Å². The van der Waals surface area contributed by atoms with Gasteiger partial charge in [0.05, 0.1) is 19.3 Å². The summed E-state index contributed by atoms with van der Waals surface area (Å²) in [7, 11) is 0. The quantitative estimate of drug-likeness (QED) is 0.710. The van der Waals surface area contributed by atoms with Crippen LogP contribution in [0.4, 0.5) is 0 Å². The molecule has 0 aromatic rings. The molecule has 1 fully saturated rings. The van der Waals surface area contributed by atoms with Gasteiger partial charge in [0.2, 0.25) is 0 Å². The smallest absolute Gasteiger partial charge is 0.0621 e. The second-order valence-corrected chi connectivity index (χ2v) is 7.38. The Labute approximate surface area is 130 Å². The van der Waals surface area contributed by atoms with Crippen LogP contribution in [0.2, 0.25) is 0 Å². The molecule has 1 saturated heterocycles. The number of nitrogens with one attached hydrogen (secondary N) is 1. The predicted molar refractivity (Wildman–Crippen MR) is 87.1 cm³/mol. The lowest BCUT2D eigenvalue weighted by Gasteiger charge is -2.36. The summed E-state index contributed by atoms with van der Waals surface area (Å²) in [4.78, 5) is 2.57. The first-order valence-electron chi connectivity index (χ1n) is 8.34. The summed E-state index contributed by atoms with van der Waals surface area (Å²) in [6.45, 7) is 14.9. The van der Waals surface area contributed by atoms with E-state index in [-0.39, 0.29) is 5.41 Å². The molecule has 122 valence electrons. The van der Waals surface area contributed by atoms with Gasteiger partial charge in [0, 0.05) is 38.6 Å². The summed E-state index contributed by atoms with van der Waals surface area (Å²) in [5, 5.41) is 12.4. The van der Waals surface area contributed by atoms with E-state index in [1.165, 1.54) is 6.42 Å². The third-order valence-corrected chi connectivity index (χ3v) is 4.20. The third kappa shape index (κ3) is 7.80. The number of nitrogens with zero attached hydrogens (tertiary/aromatic N) is 2. The Hall–Kier alpha value is -0.630. The molecule has 1 unspecified atom stereocenters. The van der Waals surface area contributed by atoms with Crippen molar-refractivity contribution in [1.82, 2.24) is 10.2 Å². The molecule has 1 heterocycles. The zero-order chi connectivity index (χ0) is 15.7. The highest BCUT2D eigenvalue weighted by Gasteiger charge is 2.23. The average Bonchev–Trinajstić information content (AvgIpc) is 2.44. The topological polar surface area (TPSA) is 48.3 Å². The zero-order valence-corrected chi connectivity index (χ0v) is 14.3. The monoisotopic (exact) mass is 295 g/mol. The molecular weight excluding hydrogens is 262 g/mol. The number of rotatable bonds is 9. The molecule has 1 N–H and O–H groups in total. The van der Waals surface area contributed by atoms with E-state index < -0.39 is 0 Å². The maximum atomic E-state index is 8.72. The van der Waals surface area contributed by atoms with Gasteiger partial charge < -0.3 is 10.1 Å². The summed E-state index contributed by atoms with van der Waals surface area (Å²) in [6, 6.07) is 2.85. The maximum absolute atomic E-state index is 8.72. The molecule has 0 radical (unpaired) electrons. The van der Waals surface area contributed by atoms with Crippen molar-refractivity contribution < 1.29 is 4.74 Å². The standard InChI is InChI=1S/C17H33N3O/c1-15(2)12-16(20-8-10-21-11-9-20)13-19-14-17(3,4)6-5-7-18/h15-16,19H,5-6,8-14H2,1-4H3. The van der Waals surface area contributed by atoms with Gasteiger partial charge in [-0.05, 0) is 24.2 Å². The molecule has 0 spiro atoms. The summed E-state index contributed by atoms with van der Waals surface area (Å²) < 4.78 is 5.47. The minimum absolute atomic E-state index is 0.198. The van der Waals surface area contributed by atoms with Crippen molar-refractivity contribution >= 4 is 0 Å². The van der Waals surface area contributed by atoms with Crippen LogP contribution in [0.15, 0.2) is 0 Å². The molecule has 0 aliphatic carbocycles. The van der Waals surface area contributed by atoms with Crippen molar-refractivity contribution in [2.45, 2.75) is 53.0 Å². The molecule has 0 bridgehead atoms. The molecule has 0 saturated carbocycles. The third-order valence-electron chi connectivity index (χ3n) is 4.20. The van der Waals surface area contributed by atoms with Gasteiger partial charge in [-0.3, -0.25) is 4.90 Å². The SMILES string of the molecule is CC(C)CC(CNCC(C)(C)CCC#N)N1CCOCC1. The zero-order valence-electron chi connectivity index (χ0n) is 14.3. The maximum Gasteiger partial charge on any atom is 0.0621 e. The van der Waals surface area contributed by atoms with Crippen LogP contribution < -0.4 is 5.32 Å². The second-order valence-electron chi connectivity index (χ2n) is 7.38. The molecule has 1 atom stereocenters. The van der Waals surface area contributed by atoms with Gasteiger partial charge in [0.15, 0.2) is 0 Å². The van der Waals surface area contributed by atoms with Gasteiger partial charge in [-0.2, -0.15) is 5.26 Å². The first-order valence-corrected chi connectivity index (χ1v) is 8.34. The first kappa shape index (κ1) is 18.4. The number of hydrogen-bond donors (Lipinski definition) is 1. The number of morpholine rings is 1. The molecule has 21 heavy (non-hydrogen) atoms. The average molecular weight is 295 g/mol. The van der Waals surface area contributed by atoms with Crippen LogP contribution in [0.3, 0.4) is 0 Å². The minimum Gasteiger partial charge on any atom is -0.379 e. The summed E-state index contributed by atoms with van der Waals surface area (Å²) >= 11 is 0. The van der Waals surface area contributed by atoms with Crippen LogP contribution in [0, 0.1) is 22.7 Å². The van der Waals surface area contributed by atoms with E-state index in [1.54, 1.807) is 0 Å². The van der Waals surface area contributed by atoms with E-state index in [0.717, 1.165) is 45.8 Å². The van der Waals surface area contributed by atoms with Crippen LogP contribution in [0.1, 0.15) is 47.0 Å². The molecule has 0 aromatic heterocycles. The predicted octanol–water partition coefficient (Wildman–Crippen LogP) is 2.65. The van der Waals surface area contributed by atoms with Crippen molar-refractivity contribution in [2.24, 2.45) is 11.3 Å². The molecule has 0 amide bonds. The van der Waals surface area contributed by atoms with Crippen molar-refractivity contribution in [2.75, 3.05) is 39.4 Å². The highest BCUT2D eigenvalue weighted by Crippen LogP contribution is 2.21. The van der Waals surface area contributed by atoms with Gasteiger partial charge in [-0.15, -0.1) is 0 Å². The molecule has 1 aliphatic rings.